The average Bonchev–Trinajstić information content (AvgIpc) is 3.33. The van der Waals surface area contributed by atoms with Crippen LogP contribution in [0.1, 0.15) is 239 Å². The van der Waals surface area contributed by atoms with Crippen LogP contribution < -0.4 is 0 Å². The van der Waals surface area contributed by atoms with E-state index in [0.29, 0.717) is 19.3 Å². The second-order valence-corrected chi connectivity index (χ2v) is 17.8. The molecule has 0 aliphatic carbocycles. The van der Waals surface area contributed by atoms with E-state index in [1.165, 1.54) is 89.9 Å². The third-order valence-corrected chi connectivity index (χ3v) is 11.3. The summed E-state index contributed by atoms with van der Waals surface area (Å²) in [5.41, 5.74) is 0. The number of hydrogen-bond acceptors (Lipinski definition) is 6. The zero-order valence-corrected chi connectivity index (χ0v) is 43.4. The molecule has 0 amide bonds. The van der Waals surface area contributed by atoms with Crippen LogP contribution in [0.15, 0.2) is 109 Å². The Labute approximate surface area is 412 Å². The minimum absolute atomic E-state index is 0.113. The van der Waals surface area contributed by atoms with Gasteiger partial charge in [0.1, 0.15) is 13.2 Å². The van der Waals surface area contributed by atoms with Gasteiger partial charge in [-0.25, -0.2) is 0 Å². The van der Waals surface area contributed by atoms with Gasteiger partial charge in [-0.1, -0.05) is 233 Å². The van der Waals surface area contributed by atoms with Gasteiger partial charge in [0.15, 0.2) is 6.10 Å². The molecule has 0 N–H and O–H groups in total. The molecule has 0 saturated carbocycles. The Hall–Kier alpha value is -3.93. The Balaban J connectivity index is 4.45. The summed E-state index contributed by atoms with van der Waals surface area (Å²) in [5.74, 6) is -1.02. The summed E-state index contributed by atoms with van der Waals surface area (Å²) in [7, 11) is 0. The predicted molar refractivity (Wildman–Crippen MR) is 288 cm³/mol. The Morgan fingerprint density at radius 3 is 0.970 bits per heavy atom. The Morgan fingerprint density at radius 1 is 0.313 bits per heavy atom. The lowest BCUT2D eigenvalue weighted by Crippen LogP contribution is -2.30. The SMILES string of the molecule is CC/C=C\C/C=C\C/C=C\C/C=C\C/C=C\C/C=C\CCC(=O)OC(COC(=O)CCCCCCCC/C=C\C/C=C\C/C=C\CCCCCCC)COC(=O)CCCCCCCCCCC. The lowest BCUT2D eigenvalue weighted by molar-refractivity contribution is -0.166. The molecule has 0 spiro atoms. The number of hydrogen-bond donors (Lipinski definition) is 0. The first-order valence-corrected chi connectivity index (χ1v) is 27.4. The summed E-state index contributed by atoms with van der Waals surface area (Å²) in [6, 6.07) is 0. The molecule has 0 saturated heterocycles. The number of carbonyl (C=O) groups excluding carboxylic acids is 3. The topological polar surface area (TPSA) is 78.9 Å². The first-order valence-electron chi connectivity index (χ1n) is 27.4. The Morgan fingerprint density at radius 2 is 0.612 bits per heavy atom. The summed E-state index contributed by atoms with van der Waals surface area (Å²) in [6.07, 6.45) is 73.8. The summed E-state index contributed by atoms with van der Waals surface area (Å²) >= 11 is 0. The van der Waals surface area contributed by atoms with Crippen molar-refractivity contribution in [1.29, 1.82) is 0 Å². The number of unbranched alkanes of at least 4 members (excludes halogenated alkanes) is 19. The van der Waals surface area contributed by atoms with Gasteiger partial charge in [-0.05, 0) is 96.3 Å². The molecule has 0 aliphatic rings. The fourth-order valence-corrected chi connectivity index (χ4v) is 7.18. The van der Waals surface area contributed by atoms with Gasteiger partial charge in [0, 0.05) is 19.3 Å². The van der Waals surface area contributed by atoms with Gasteiger partial charge in [-0.3, -0.25) is 14.4 Å². The largest absolute Gasteiger partial charge is 0.462 e. The smallest absolute Gasteiger partial charge is 0.306 e. The highest BCUT2D eigenvalue weighted by Crippen LogP contribution is 2.13. The quantitative estimate of drug-likeness (QED) is 0.0262. The zero-order valence-electron chi connectivity index (χ0n) is 43.4. The number of carbonyl (C=O) groups is 3. The Kier molecular flexibility index (Phi) is 51.5. The highest BCUT2D eigenvalue weighted by Gasteiger charge is 2.19. The van der Waals surface area contributed by atoms with Crippen LogP contribution in [-0.4, -0.2) is 37.2 Å². The van der Waals surface area contributed by atoms with E-state index in [9.17, 15) is 14.4 Å². The summed E-state index contributed by atoms with van der Waals surface area (Å²) in [5, 5.41) is 0. The molecule has 0 bridgehead atoms. The van der Waals surface area contributed by atoms with Gasteiger partial charge < -0.3 is 14.2 Å². The average molecular weight is 929 g/mol. The highest BCUT2D eigenvalue weighted by molar-refractivity contribution is 5.71. The van der Waals surface area contributed by atoms with Crippen LogP contribution in [0.3, 0.4) is 0 Å². The van der Waals surface area contributed by atoms with E-state index in [0.717, 1.165) is 103 Å². The second kappa shape index (κ2) is 54.7. The van der Waals surface area contributed by atoms with Crippen molar-refractivity contribution in [1.82, 2.24) is 0 Å². The van der Waals surface area contributed by atoms with Crippen LogP contribution in [0.4, 0.5) is 0 Å². The molecule has 0 aromatic rings. The highest BCUT2D eigenvalue weighted by atomic mass is 16.6. The van der Waals surface area contributed by atoms with Crippen LogP contribution in [-0.2, 0) is 28.6 Å². The van der Waals surface area contributed by atoms with Crippen LogP contribution in [0.2, 0.25) is 0 Å². The first-order chi connectivity index (χ1) is 33.0. The van der Waals surface area contributed by atoms with Gasteiger partial charge in [0.2, 0.25) is 0 Å². The third-order valence-electron chi connectivity index (χ3n) is 11.3. The molecular weight excluding hydrogens is 829 g/mol. The van der Waals surface area contributed by atoms with E-state index in [4.69, 9.17) is 14.2 Å². The standard InChI is InChI=1S/C61H100O6/c1-4-7-10-13-16-19-21-23-25-27-29-30-32-33-35-37-39-42-45-48-51-54-60(63)66-57-58(56-65-59(62)53-50-47-44-41-18-15-12-9-6-3)67-61(64)55-52-49-46-43-40-38-36-34-31-28-26-24-22-20-17-14-11-8-5-2/h8,11,17,20-21,23-24,26-27,29,31-34,38,40,46,49,58H,4-7,9-10,12-16,18-19,22,25,28,30,35-37,39,41-45,47-48,50-57H2,1-3H3/b11-8-,20-17-,23-21-,26-24-,29-27-,33-32-,34-31-,40-38-,49-46-. The second-order valence-electron chi connectivity index (χ2n) is 17.8. The number of rotatable bonds is 48. The minimum Gasteiger partial charge on any atom is -0.462 e. The van der Waals surface area contributed by atoms with Gasteiger partial charge >= 0.3 is 17.9 Å². The number of allylic oxidation sites excluding steroid dienone is 18. The normalized spacial score (nSPS) is 12.9. The molecule has 6 nitrogen and oxygen atoms in total. The lowest BCUT2D eigenvalue weighted by atomic mass is 10.1. The maximum Gasteiger partial charge on any atom is 0.306 e. The molecule has 0 radical (unpaired) electrons. The van der Waals surface area contributed by atoms with E-state index in [1.54, 1.807) is 0 Å². The molecule has 0 heterocycles. The van der Waals surface area contributed by atoms with Crippen LogP contribution in [0, 0.1) is 0 Å². The van der Waals surface area contributed by atoms with Crippen LogP contribution in [0.25, 0.3) is 0 Å². The maximum atomic E-state index is 12.8. The van der Waals surface area contributed by atoms with Crippen molar-refractivity contribution in [2.24, 2.45) is 0 Å². The maximum absolute atomic E-state index is 12.8. The van der Waals surface area contributed by atoms with E-state index < -0.39 is 12.1 Å². The fraction of sp³-hybridized carbons (Fsp3) is 0.656. The van der Waals surface area contributed by atoms with Crippen molar-refractivity contribution in [3.05, 3.63) is 109 Å². The monoisotopic (exact) mass is 929 g/mol. The van der Waals surface area contributed by atoms with Crippen LogP contribution >= 0.6 is 0 Å². The molecule has 380 valence electrons. The molecule has 1 atom stereocenters. The fourth-order valence-electron chi connectivity index (χ4n) is 7.18. The molecular formula is C61H100O6. The molecule has 67 heavy (non-hydrogen) atoms. The van der Waals surface area contributed by atoms with E-state index in [1.807, 2.05) is 12.2 Å². The predicted octanol–water partition coefficient (Wildman–Crippen LogP) is 18.3. The molecule has 0 aromatic carbocycles. The van der Waals surface area contributed by atoms with Gasteiger partial charge in [-0.15, -0.1) is 0 Å². The lowest BCUT2D eigenvalue weighted by Gasteiger charge is -2.18. The molecule has 0 aliphatic heterocycles. The van der Waals surface area contributed by atoms with E-state index >= 15 is 0 Å². The van der Waals surface area contributed by atoms with Crippen molar-refractivity contribution in [3.8, 4) is 0 Å². The molecule has 0 rings (SSSR count). The molecule has 0 fully saturated rings. The molecule has 0 aromatic heterocycles. The van der Waals surface area contributed by atoms with Crippen molar-refractivity contribution in [2.75, 3.05) is 13.2 Å². The van der Waals surface area contributed by atoms with Crippen molar-refractivity contribution >= 4 is 17.9 Å². The number of esters is 3. The molecule has 6 heteroatoms. The molecule has 1 unspecified atom stereocenters. The number of ether oxygens (including phenoxy) is 3. The van der Waals surface area contributed by atoms with E-state index in [-0.39, 0.29) is 31.6 Å². The summed E-state index contributed by atoms with van der Waals surface area (Å²) in [6.45, 7) is 6.41. The minimum atomic E-state index is -0.823. The zero-order chi connectivity index (χ0) is 48.6. The summed E-state index contributed by atoms with van der Waals surface area (Å²) < 4.78 is 16.7. The van der Waals surface area contributed by atoms with Crippen molar-refractivity contribution in [3.63, 3.8) is 0 Å². The van der Waals surface area contributed by atoms with Crippen LogP contribution in [0.5, 0.6) is 0 Å². The first kappa shape index (κ1) is 63.1. The van der Waals surface area contributed by atoms with Gasteiger partial charge in [-0.2, -0.15) is 0 Å². The van der Waals surface area contributed by atoms with Crippen molar-refractivity contribution < 1.29 is 28.6 Å². The summed E-state index contributed by atoms with van der Waals surface area (Å²) in [4.78, 5) is 37.9. The van der Waals surface area contributed by atoms with Gasteiger partial charge in [0.05, 0.1) is 0 Å². The van der Waals surface area contributed by atoms with Gasteiger partial charge in [0.25, 0.3) is 0 Å². The van der Waals surface area contributed by atoms with Crippen molar-refractivity contribution in [2.45, 2.75) is 245 Å². The third kappa shape index (κ3) is 52.9. The van der Waals surface area contributed by atoms with E-state index in [2.05, 4.69) is 118 Å². The Bertz CT molecular complexity index is 1390.